The van der Waals surface area contributed by atoms with E-state index >= 15 is 0 Å². The van der Waals surface area contributed by atoms with Gasteiger partial charge in [-0.2, -0.15) is 0 Å². The second-order valence-electron chi connectivity index (χ2n) is 6.41. The number of imidazole rings is 1. The third-order valence-corrected chi connectivity index (χ3v) is 4.98. The van der Waals surface area contributed by atoms with Gasteiger partial charge in [0.2, 0.25) is 5.91 Å². The molecule has 150 valence electrons. The summed E-state index contributed by atoms with van der Waals surface area (Å²) in [4.78, 5) is 28.1. The molecule has 3 rings (SSSR count). The number of nitrogens with zero attached hydrogens (tertiary/aromatic N) is 4. The number of hydrogen-bond donors (Lipinski definition) is 2. The van der Waals surface area contributed by atoms with Gasteiger partial charge in [-0.15, -0.1) is 10.2 Å². The average molecular weight is 411 g/mol. The zero-order valence-electron chi connectivity index (χ0n) is 16.5. The van der Waals surface area contributed by atoms with E-state index in [9.17, 15) is 9.59 Å². The summed E-state index contributed by atoms with van der Waals surface area (Å²) in [6, 6.07) is 9.49. The van der Waals surface area contributed by atoms with E-state index in [-0.39, 0.29) is 17.6 Å². The molecule has 0 unspecified atom stereocenters. The Balaban J connectivity index is 1.57. The highest BCUT2D eigenvalue weighted by atomic mass is 32.2. The van der Waals surface area contributed by atoms with E-state index in [4.69, 9.17) is 0 Å². The number of carbonyl (C=O) groups excluding carboxylic acids is 2. The van der Waals surface area contributed by atoms with Gasteiger partial charge in [-0.1, -0.05) is 23.9 Å². The lowest BCUT2D eigenvalue weighted by atomic mass is 10.1. The molecule has 0 aliphatic rings. The molecule has 0 saturated heterocycles. The topological polar surface area (TPSA) is 102 Å². The molecule has 0 aliphatic carbocycles. The van der Waals surface area contributed by atoms with Crippen LogP contribution in [0.5, 0.6) is 0 Å². The van der Waals surface area contributed by atoms with E-state index in [1.54, 1.807) is 22.9 Å². The number of hydrogen-bond acceptors (Lipinski definition) is 6. The van der Waals surface area contributed by atoms with Crippen molar-refractivity contribution in [3.05, 3.63) is 59.7 Å². The highest BCUT2D eigenvalue weighted by Crippen LogP contribution is 2.19. The number of nitrogens with one attached hydrogen (secondary N) is 2. The molecule has 29 heavy (non-hydrogen) atoms. The van der Waals surface area contributed by atoms with Crippen molar-refractivity contribution in [1.29, 1.82) is 0 Å². The lowest BCUT2D eigenvalue weighted by Crippen LogP contribution is -2.22. The molecule has 0 saturated carbocycles. The van der Waals surface area contributed by atoms with Gasteiger partial charge >= 0.3 is 0 Å². The van der Waals surface area contributed by atoms with Crippen LogP contribution in [-0.2, 0) is 4.79 Å². The van der Waals surface area contributed by atoms with E-state index in [0.717, 1.165) is 16.8 Å². The molecule has 0 aliphatic heterocycles. The Morgan fingerprint density at radius 3 is 2.69 bits per heavy atom. The number of benzene rings is 1. The minimum atomic E-state index is -0.235. The van der Waals surface area contributed by atoms with E-state index in [1.165, 1.54) is 18.1 Å². The van der Waals surface area contributed by atoms with Crippen LogP contribution in [0.4, 0.5) is 5.69 Å². The highest BCUT2D eigenvalue weighted by molar-refractivity contribution is 7.99. The third kappa shape index (κ3) is 5.41. The highest BCUT2D eigenvalue weighted by Gasteiger charge is 2.11. The lowest BCUT2D eigenvalue weighted by Gasteiger charge is -2.09. The summed E-state index contributed by atoms with van der Waals surface area (Å²) in [5.41, 5.74) is 3.25. The van der Waals surface area contributed by atoms with Gasteiger partial charge in [-0.05, 0) is 50.1 Å². The smallest absolute Gasteiger partial charge is 0.271 e. The number of carbonyl (C=O) groups is 2. The first kappa shape index (κ1) is 20.5. The van der Waals surface area contributed by atoms with Crippen LogP contribution in [0.1, 0.15) is 28.5 Å². The van der Waals surface area contributed by atoms with Crippen molar-refractivity contribution in [1.82, 2.24) is 25.1 Å². The number of rotatable bonds is 7. The maximum absolute atomic E-state index is 12.2. The number of amides is 2. The Bertz CT molecular complexity index is 1020. The van der Waals surface area contributed by atoms with Crippen LogP contribution in [0, 0.1) is 13.8 Å². The first-order valence-electron chi connectivity index (χ1n) is 9.12. The molecule has 0 bridgehead atoms. The first-order valence-corrected chi connectivity index (χ1v) is 10.1. The van der Waals surface area contributed by atoms with Crippen molar-refractivity contribution in [2.24, 2.45) is 0 Å². The number of aryl methyl sites for hydroxylation is 2. The van der Waals surface area contributed by atoms with E-state index in [1.807, 2.05) is 39.0 Å². The first-order chi connectivity index (χ1) is 14.0. The lowest BCUT2D eigenvalue weighted by molar-refractivity contribution is -0.113. The summed E-state index contributed by atoms with van der Waals surface area (Å²) in [5, 5.41) is 14.5. The van der Waals surface area contributed by atoms with Crippen molar-refractivity contribution in [2.75, 3.05) is 17.6 Å². The largest absolute Gasteiger partial charge is 0.351 e. The fourth-order valence-electron chi connectivity index (χ4n) is 2.54. The Hall–Kier alpha value is -3.20. The minimum Gasteiger partial charge on any atom is -0.351 e. The SMILES string of the molecule is CCNC(=O)c1cn(-c2ccc(SCC(=O)Nc3cc(C)ccc3C)nn2)cn1. The van der Waals surface area contributed by atoms with Crippen LogP contribution in [0.3, 0.4) is 0 Å². The van der Waals surface area contributed by atoms with Crippen LogP contribution >= 0.6 is 11.8 Å². The van der Waals surface area contributed by atoms with Crippen LogP contribution in [0.15, 0.2) is 47.9 Å². The fourth-order valence-corrected chi connectivity index (χ4v) is 3.15. The summed E-state index contributed by atoms with van der Waals surface area (Å²) >= 11 is 1.30. The molecule has 0 atom stereocenters. The summed E-state index contributed by atoms with van der Waals surface area (Å²) in [7, 11) is 0. The molecule has 0 spiro atoms. The Kier molecular flexibility index (Phi) is 6.61. The second kappa shape index (κ2) is 9.33. The van der Waals surface area contributed by atoms with E-state index in [0.29, 0.717) is 23.1 Å². The zero-order chi connectivity index (χ0) is 20.8. The predicted octanol–water partition coefficient (Wildman–Crippen LogP) is 2.76. The van der Waals surface area contributed by atoms with Crippen LogP contribution in [0.2, 0.25) is 0 Å². The summed E-state index contributed by atoms with van der Waals surface area (Å²) < 4.78 is 1.62. The summed E-state index contributed by atoms with van der Waals surface area (Å²) in [6.07, 6.45) is 3.11. The predicted molar refractivity (Wildman–Crippen MR) is 112 cm³/mol. The van der Waals surface area contributed by atoms with Gasteiger partial charge in [0, 0.05) is 18.4 Å². The Morgan fingerprint density at radius 2 is 1.97 bits per heavy atom. The molecule has 1 aromatic carbocycles. The van der Waals surface area contributed by atoms with Crippen molar-refractivity contribution in [3.8, 4) is 5.82 Å². The van der Waals surface area contributed by atoms with Crippen molar-refractivity contribution in [3.63, 3.8) is 0 Å². The zero-order valence-corrected chi connectivity index (χ0v) is 17.3. The normalized spacial score (nSPS) is 10.6. The van der Waals surface area contributed by atoms with Gasteiger partial charge in [-0.25, -0.2) is 4.98 Å². The molecular weight excluding hydrogens is 388 g/mol. The number of thioether (sulfide) groups is 1. The average Bonchev–Trinajstić information content (AvgIpc) is 3.20. The molecule has 9 heteroatoms. The molecule has 0 radical (unpaired) electrons. The van der Waals surface area contributed by atoms with Gasteiger partial charge < -0.3 is 10.6 Å². The third-order valence-electron chi connectivity index (χ3n) is 4.06. The second-order valence-corrected chi connectivity index (χ2v) is 7.41. The Labute approximate surface area is 173 Å². The molecule has 2 amide bonds. The minimum absolute atomic E-state index is 0.101. The molecule has 2 heterocycles. The molecule has 2 aromatic heterocycles. The van der Waals surface area contributed by atoms with Crippen molar-refractivity contribution < 1.29 is 9.59 Å². The van der Waals surface area contributed by atoms with Gasteiger partial charge in [0.25, 0.3) is 5.91 Å². The van der Waals surface area contributed by atoms with Gasteiger partial charge in [0.15, 0.2) is 5.82 Å². The van der Waals surface area contributed by atoms with E-state index < -0.39 is 0 Å². The standard InChI is InChI=1S/C20H22N6O2S/c1-4-21-20(28)16-10-26(12-22-16)17-7-8-19(25-24-17)29-11-18(27)23-15-9-13(2)5-6-14(15)3/h5-10,12H,4,11H2,1-3H3,(H,21,28)(H,23,27). The molecule has 2 N–H and O–H groups in total. The van der Waals surface area contributed by atoms with Crippen LogP contribution in [-0.4, -0.2) is 43.9 Å². The maximum atomic E-state index is 12.2. The molecule has 8 nitrogen and oxygen atoms in total. The monoisotopic (exact) mass is 410 g/mol. The Morgan fingerprint density at radius 1 is 1.14 bits per heavy atom. The van der Waals surface area contributed by atoms with Gasteiger partial charge in [0.1, 0.15) is 17.0 Å². The molecule has 3 aromatic rings. The summed E-state index contributed by atoms with van der Waals surface area (Å²) in [6.45, 7) is 6.33. The van der Waals surface area contributed by atoms with Gasteiger partial charge in [-0.3, -0.25) is 14.2 Å². The van der Waals surface area contributed by atoms with Crippen LogP contribution < -0.4 is 10.6 Å². The van der Waals surface area contributed by atoms with Crippen LogP contribution in [0.25, 0.3) is 5.82 Å². The van der Waals surface area contributed by atoms with Gasteiger partial charge in [0.05, 0.1) is 5.75 Å². The summed E-state index contributed by atoms with van der Waals surface area (Å²) in [5.74, 6) is 0.433. The van der Waals surface area contributed by atoms with Crippen molar-refractivity contribution in [2.45, 2.75) is 25.8 Å². The molecular formula is C20H22N6O2S. The molecule has 0 fully saturated rings. The van der Waals surface area contributed by atoms with Crippen molar-refractivity contribution >= 4 is 29.3 Å². The fraction of sp³-hybridized carbons (Fsp3) is 0.250. The maximum Gasteiger partial charge on any atom is 0.271 e. The number of aromatic nitrogens is 4. The van der Waals surface area contributed by atoms with E-state index in [2.05, 4.69) is 25.8 Å². The number of anilines is 1. The quantitative estimate of drug-likeness (QED) is 0.581.